The number of aliphatic carboxylic acids is 1. The van der Waals surface area contributed by atoms with Crippen molar-refractivity contribution in [3.05, 3.63) is 46.8 Å². The first-order valence-corrected chi connectivity index (χ1v) is 6.76. The standard InChI is InChI=1S/C16H20N2O2/c1-10(2)15-8-13(9-16(19)20)17-18(15)14-6-11(3)5-12(4)7-14/h5-8,10H,9H2,1-4H3,(H,19,20). The fourth-order valence-electron chi connectivity index (χ4n) is 2.38. The average molecular weight is 272 g/mol. The summed E-state index contributed by atoms with van der Waals surface area (Å²) in [6.07, 6.45) is -0.0441. The highest BCUT2D eigenvalue weighted by atomic mass is 16.4. The molecule has 0 radical (unpaired) electrons. The van der Waals surface area contributed by atoms with Crippen LogP contribution in [0.2, 0.25) is 0 Å². The van der Waals surface area contributed by atoms with Gasteiger partial charge in [0.25, 0.3) is 0 Å². The van der Waals surface area contributed by atoms with Crippen LogP contribution >= 0.6 is 0 Å². The predicted molar refractivity (Wildman–Crippen MR) is 78.5 cm³/mol. The van der Waals surface area contributed by atoms with Crippen LogP contribution in [0, 0.1) is 13.8 Å². The largest absolute Gasteiger partial charge is 0.481 e. The highest BCUT2D eigenvalue weighted by molar-refractivity contribution is 5.69. The zero-order valence-corrected chi connectivity index (χ0v) is 12.3. The van der Waals surface area contributed by atoms with Crippen LogP contribution in [0.3, 0.4) is 0 Å². The maximum absolute atomic E-state index is 10.9. The van der Waals surface area contributed by atoms with Gasteiger partial charge in [0.2, 0.25) is 0 Å². The van der Waals surface area contributed by atoms with Gasteiger partial charge in [0.1, 0.15) is 0 Å². The van der Waals surface area contributed by atoms with Crippen molar-refractivity contribution >= 4 is 5.97 Å². The molecule has 0 bridgehead atoms. The van der Waals surface area contributed by atoms with E-state index in [-0.39, 0.29) is 12.3 Å². The SMILES string of the molecule is Cc1cc(C)cc(-n2nc(CC(=O)O)cc2C(C)C)c1. The summed E-state index contributed by atoms with van der Waals surface area (Å²) in [4.78, 5) is 10.9. The van der Waals surface area contributed by atoms with Crippen molar-refractivity contribution in [2.75, 3.05) is 0 Å². The van der Waals surface area contributed by atoms with E-state index >= 15 is 0 Å². The lowest BCUT2D eigenvalue weighted by Crippen LogP contribution is -2.05. The number of carboxylic acids is 1. The normalized spacial score (nSPS) is 11.1. The summed E-state index contributed by atoms with van der Waals surface area (Å²) >= 11 is 0. The van der Waals surface area contributed by atoms with Gasteiger partial charge in [-0.05, 0) is 49.1 Å². The molecule has 0 saturated carbocycles. The summed E-state index contributed by atoms with van der Waals surface area (Å²) in [7, 11) is 0. The Morgan fingerprint density at radius 1 is 1.20 bits per heavy atom. The van der Waals surface area contributed by atoms with Crippen molar-refractivity contribution in [3.63, 3.8) is 0 Å². The van der Waals surface area contributed by atoms with Crippen LogP contribution in [0.25, 0.3) is 5.69 Å². The summed E-state index contributed by atoms with van der Waals surface area (Å²) in [5.74, 6) is -0.573. The van der Waals surface area contributed by atoms with E-state index in [1.165, 1.54) is 11.1 Å². The van der Waals surface area contributed by atoms with Crippen LogP contribution in [0.1, 0.15) is 42.3 Å². The lowest BCUT2D eigenvalue weighted by molar-refractivity contribution is -0.136. The van der Waals surface area contributed by atoms with Crippen molar-refractivity contribution in [1.82, 2.24) is 9.78 Å². The number of nitrogens with zero attached hydrogens (tertiary/aromatic N) is 2. The third-order valence-electron chi connectivity index (χ3n) is 3.16. The van der Waals surface area contributed by atoms with Gasteiger partial charge in [-0.25, -0.2) is 4.68 Å². The molecule has 0 unspecified atom stereocenters. The molecule has 4 nitrogen and oxygen atoms in total. The predicted octanol–water partition coefficient (Wildman–Crippen LogP) is 3.24. The fourth-order valence-corrected chi connectivity index (χ4v) is 2.38. The van der Waals surface area contributed by atoms with Gasteiger partial charge in [0, 0.05) is 5.69 Å². The van der Waals surface area contributed by atoms with Gasteiger partial charge in [0.15, 0.2) is 0 Å². The van der Waals surface area contributed by atoms with E-state index in [2.05, 4.69) is 37.1 Å². The lowest BCUT2D eigenvalue weighted by atomic mass is 10.1. The second-order valence-corrected chi connectivity index (χ2v) is 5.54. The molecule has 1 aromatic carbocycles. The van der Waals surface area contributed by atoms with E-state index in [9.17, 15) is 4.79 Å². The molecule has 0 saturated heterocycles. The highest BCUT2D eigenvalue weighted by Crippen LogP contribution is 2.22. The lowest BCUT2D eigenvalue weighted by Gasteiger charge is -2.11. The molecule has 0 aliphatic carbocycles. The van der Waals surface area contributed by atoms with Crippen LogP contribution < -0.4 is 0 Å². The number of aromatic nitrogens is 2. The molecule has 0 spiro atoms. The molecule has 1 aromatic heterocycles. The fraction of sp³-hybridized carbons (Fsp3) is 0.375. The minimum Gasteiger partial charge on any atom is -0.481 e. The Morgan fingerprint density at radius 2 is 1.80 bits per heavy atom. The van der Waals surface area contributed by atoms with E-state index in [4.69, 9.17) is 5.11 Å². The Morgan fingerprint density at radius 3 is 2.30 bits per heavy atom. The Hall–Kier alpha value is -2.10. The molecular formula is C16H20N2O2. The van der Waals surface area contributed by atoms with Crippen molar-refractivity contribution in [3.8, 4) is 5.69 Å². The molecule has 4 heteroatoms. The summed E-state index contributed by atoms with van der Waals surface area (Å²) < 4.78 is 1.86. The van der Waals surface area contributed by atoms with Crippen LogP contribution in [-0.4, -0.2) is 20.9 Å². The zero-order valence-electron chi connectivity index (χ0n) is 12.3. The van der Waals surface area contributed by atoms with Gasteiger partial charge < -0.3 is 5.11 Å². The van der Waals surface area contributed by atoms with E-state index in [0.29, 0.717) is 5.69 Å². The van der Waals surface area contributed by atoms with Crippen LogP contribution in [0.15, 0.2) is 24.3 Å². The number of carboxylic acid groups (broad SMARTS) is 1. The number of carbonyl (C=O) groups is 1. The number of aryl methyl sites for hydroxylation is 2. The third-order valence-corrected chi connectivity index (χ3v) is 3.16. The minimum absolute atomic E-state index is 0.0441. The number of rotatable bonds is 4. The second kappa shape index (κ2) is 5.49. The van der Waals surface area contributed by atoms with Gasteiger partial charge in [-0.3, -0.25) is 4.79 Å². The number of hydrogen-bond acceptors (Lipinski definition) is 2. The minimum atomic E-state index is -0.856. The molecule has 2 rings (SSSR count). The van der Waals surface area contributed by atoms with Gasteiger partial charge in [0.05, 0.1) is 17.8 Å². The van der Waals surface area contributed by atoms with Crippen molar-refractivity contribution < 1.29 is 9.90 Å². The quantitative estimate of drug-likeness (QED) is 0.929. The molecule has 2 aromatic rings. The van der Waals surface area contributed by atoms with Crippen molar-refractivity contribution in [2.45, 2.75) is 40.0 Å². The average Bonchev–Trinajstić information content (AvgIpc) is 2.70. The Bertz CT molecular complexity index is 622. The van der Waals surface area contributed by atoms with Gasteiger partial charge >= 0.3 is 5.97 Å². The van der Waals surface area contributed by atoms with Crippen LogP contribution in [0.4, 0.5) is 0 Å². The monoisotopic (exact) mass is 272 g/mol. The van der Waals surface area contributed by atoms with Crippen LogP contribution in [0.5, 0.6) is 0 Å². The first-order valence-electron chi connectivity index (χ1n) is 6.76. The molecule has 20 heavy (non-hydrogen) atoms. The first-order chi connectivity index (χ1) is 9.36. The first kappa shape index (κ1) is 14.3. The smallest absolute Gasteiger partial charge is 0.309 e. The summed E-state index contributed by atoms with van der Waals surface area (Å²) in [5, 5.41) is 13.4. The highest BCUT2D eigenvalue weighted by Gasteiger charge is 2.14. The zero-order chi connectivity index (χ0) is 14.9. The van der Waals surface area contributed by atoms with Gasteiger partial charge in [-0.15, -0.1) is 0 Å². The van der Waals surface area contributed by atoms with E-state index in [0.717, 1.165) is 11.4 Å². The van der Waals surface area contributed by atoms with Gasteiger partial charge in [-0.1, -0.05) is 19.9 Å². The number of hydrogen-bond donors (Lipinski definition) is 1. The van der Waals surface area contributed by atoms with E-state index in [1.807, 2.05) is 24.6 Å². The molecule has 0 aliphatic rings. The van der Waals surface area contributed by atoms with Crippen LogP contribution in [-0.2, 0) is 11.2 Å². The molecule has 0 atom stereocenters. The van der Waals surface area contributed by atoms with Crippen molar-refractivity contribution in [2.24, 2.45) is 0 Å². The Balaban J connectivity index is 2.53. The molecule has 1 heterocycles. The Kier molecular flexibility index (Phi) is 3.93. The molecule has 0 aliphatic heterocycles. The van der Waals surface area contributed by atoms with E-state index < -0.39 is 5.97 Å². The second-order valence-electron chi connectivity index (χ2n) is 5.54. The molecule has 1 N–H and O–H groups in total. The molecule has 106 valence electrons. The maximum atomic E-state index is 10.9. The third kappa shape index (κ3) is 3.07. The maximum Gasteiger partial charge on any atom is 0.309 e. The Labute approximate surface area is 119 Å². The van der Waals surface area contributed by atoms with Crippen molar-refractivity contribution in [1.29, 1.82) is 0 Å². The summed E-state index contributed by atoms with van der Waals surface area (Å²) in [6, 6.07) is 8.13. The van der Waals surface area contributed by atoms with Gasteiger partial charge in [-0.2, -0.15) is 5.10 Å². The molecule has 0 amide bonds. The topological polar surface area (TPSA) is 55.1 Å². The summed E-state index contributed by atoms with van der Waals surface area (Å²) in [6.45, 7) is 8.27. The number of benzene rings is 1. The molecular weight excluding hydrogens is 252 g/mol. The summed E-state index contributed by atoms with van der Waals surface area (Å²) in [5.41, 5.74) is 4.96. The molecule has 0 fully saturated rings. The van der Waals surface area contributed by atoms with E-state index in [1.54, 1.807) is 0 Å².